The second kappa shape index (κ2) is 7.17. The van der Waals surface area contributed by atoms with Gasteiger partial charge in [-0.05, 0) is 61.5 Å². The molecule has 6 nitrogen and oxygen atoms in total. The van der Waals surface area contributed by atoms with Crippen molar-refractivity contribution in [3.05, 3.63) is 47.8 Å². The average molecular weight is 390 g/mol. The highest BCUT2D eigenvalue weighted by molar-refractivity contribution is 5.75. The second-order valence-electron chi connectivity index (χ2n) is 8.61. The minimum Gasteiger partial charge on any atom is -0.481 e. The summed E-state index contributed by atoms with van der Waals surface area (Å²) in [5, 5.41) is 13.7. The van der Waals surface area contributed by atoms with Gasteiger partial charge in [0.25, 0.3) is 0 Å². The first-order chi connectivity index (χ1) is 14.1. The van der Waals surface area contributed by atoms with Crippen LogP contribution in [0.1, 0.15) is 68.0 Å². The monoisotopic (exact) mass is 390 g/mol. The summed E-state index contributed by atoms with van der Waals surface area (Å²) in [6, 6.07) is 10.6. The number of hydrogen-bond donors (Lipinski definition) is 2. The quantitative estimate of drug-likeness (QED) is 0.664. The number of aliphatic carboxylic acids is 1. The van der Waals surface area contributed by atoms with Crippen molar-refractivity contribution in [2.75, 3.05) is 5.73 Å². The van der Waals surface area contributed by atoms with E-state index in [0.29, 0.717) is 30.0 Å². The molecule has 2 aromatic heterocycles. The van der Waals surface area contributed by atoms with Crippen molar-refractivity contribution in [1.82, 2.24) is 14.6 Å². The highest BCUT2D eigenvalue weighted by atomic mass is 16.4. The molecule has 6 heteroatoms. The molecule has 0 saturated heterocycles. The van der Waals surface area contributed by atoms with Crippen LogP contribution in [0.25, 0.3) is 16.8 Å². The van der Waals surface area contributed by atoms with Gasteiger partial charge in [0.1, 0.15) is 5.82 Å². The van der Waals surface area contributed by atoms with Gasteiger partial charge in [0, 0.05) is 30.2 Å². The largest absolute Gasteiger partial charge is 0.481 e. The zero-order valence-corrected chi connectivity index (χ0v) is 16.4. The molecule has 0 aliphatic heterocycles. The van der Waals surface area contributed by atoms with Gasteiger partial charge in [-0.25, -0.2) is 4.98 Å². The Hall–Kier alpha value is -2.89. The fourth-order valence-corrected chi connectivity index (χ4v) is 4.65. The molecule has 0 radical (unpaired) electrons. The van der Waals surface area contributed by atoms with Crippen molar-refractivity contribution in [3.8, 4) is 11.1 Å². The lowest BCUT2D eigenvalue weighted by atomic mass is 9.77. The first-order valence-electron chi connectivity index (χ1n) is 10.5. The molecule has 3 aromatic rings. The highest BCUT2D eigenvalue weighted by Gasteiger charge is 2.27. The van der Waals surface area contributed by atoms with Crippen LogP contribution in [0.2, 0.25) is 0 Å². The average Bonchev–Trinajstić information content (AvgIpc) is 3.48. The van der Waals surface area contributed by atoms with Gasteiger partial charge in [-0.1, -0.05) is 24.3 Å². The number of nitrogens with two attached hydrogens (primary N) is 1. The van der Waals surface area contributed by atoms with Crippen LogP contribution in [-0.2, 0) is 4.79 Å². The number of hydrogen-bond acceptors (Lipinski definition) is 4. The van der Waals surface area contributed by atoms with Gasteiger partial charge in [-0.2, -0.15) is 9.61 Å². The number of fused-ring (bicyclic) bond motifs is 1. The molecule has 2 saturated carbocycles. The minimum absolute atomic E-state index is 0.302. The molecule has 2 fully saturated rings. The fraction of sp³-hybridized carbons (Fsp3) is 0.435. The van der Waals surface area contributed by atoms with E-state index in [1.54, 1.807) is 4.52 Å². The van der Waals surface area contributed by atoms with E-state index in [1.807, 2.05) is 12.3 Å². The predicted octanol–water partition coefficient (Wildman–Crippen LogP) is 4.60. The van der Waals surface area contributed by atoms with Crippen molar-refractivity contribution in [2.24, 2.45) is 5.92 Å². The number of anilines is 1. The second-order valence-corrected chi connectivity index (χ2v) is 8.61. The lowest BCUT2D eigenvalue weighted by molar-refractivity contribution is -0.138. The number of rotatable bonds is 5. The molecule has 0 spiro atoms. The lowest BCUT2D eigenvalue weighted by Crippen LogP contribution is -2.16. The maximum absolute atomic E-state index is 10.9. The maximum Gasteiger partial charge on any atom is 0.303 e. The van der Waals surface area contributed by atoms with Crippen molar-refractivity contribution < 1.29 is 9.90 Å². The van der Waals surface area contributed by atoms with Gasteiger partial charge in [0.15, 0.2) is 5.65 Å². The number of carboxylic acid groups (broad SMARTS) is 1. The molecule has 5 rings (SSSR count). The zero-order chi connectivity index (χ0) is 20.0. The molecule has 0 atom stereocenters. The summed E-state index contributed by atoms with van der Waals surface area (Å²) in [4.78, 5) is 15.5. The van der Waals surface area contributed by atoms with Gasteiger partial charge >= 0.3 is 5.97 Å². The van der Waals surface area contributed by atoms with E-state index < -0.39 is 5.97 Å². The molecule has 0 unspecified atom stereocenters. The summed E-state index contributed by atoms with van der Waals surface area (Å²) in [6.45, 7) is 0. The SMILES string of the molecule is Nc1c(-c2ccc(C3CCC(CC(=O)O)CC3)cc2)cnc2cc(C3CC3)nn12. The van der Waals surface area contributed by atoms with Crippen molar-refractivity contribution in [1.29, 1.82) is 0 Å². The first kappa shape index (κ1) is 18.2. The van der Waals surface area contributed by atoms with Crippen LogP contribution in [0.5, 0.6) is 0 Å². The van der Waals surface area contributed by atoms with E-state index >= 15 is 0 Å². The van der Waals surface area contributed by atoms with E-state index in [2.05, 4.69) is 34.3 Å². The number of nitrogens with zero attached hydrogens (tertiary/aromatic N) is 3. The molecule has 2 aliphatic rings. The third-order valence-corrected chi connectivity index (χ3v) is 6.54. The van der Waals surface area contributed by atoms with Crippen molar-refractivity contribution in [3.63, 3.8) is 0 Å². The van der Waals surface area contributed by atoms with Crippen LogP contribution in [-0.4, -0.2) is 25.7 Å². The van der Waals surface area contributed by atoms with Gasteiger partial charge in [-0.3, -0.25) is 4.79 Å². The van der Waals surface area contributed by atoms with Crippen LogP contribution in [0, 0.1) is 5.92 Å². The molecule has 0 amide bonds. The van der Waals surface area contributed by atoms with Gasteiger partial charge in [0.05, 0.1) is 5.69 Å². The van der Waals surface area contributed by atoms with Crippen LogP contribution < -0.4 is 5.73 Å². The van der Waals surface area contributed by atoms with E-state index in [4.69, 9.17) is 10.8 Å². The molecule has 150 valence electrons. The topological polar surface area (TPSA) is 93.5 Å². The summed E-state index contributed by atoms with van der Waals surface area (Å²) >= 11 is 0. The Labute approximate surface area is 169 Å². The van der Waals surface area contributed by atoms with E-state index in [9.17, 15) is 4.79 Å². The Balaban J connectivity index is 1.34. The van der Waals surface area contributed by atoms with E-state index in [-0.39, 0.29) is 0 Å². The fourth-order valence-electron chi connectivity index (χ4n) is 4.65. The predicted molar refractivity (Wildman–Crippen MR) is 112 cm³/mol. The van der Waals surface area contributed by atoms with Crippen LogP contribution >= 0.6 is 0 Å². The van der Waals surface area contributed by atoms with Crippen LogP contribution in [0.3, 0.4) is 0 Å². The molecular formula is C23H26N4O2. The number of carbonyl (C=O) groups is 1. The van der Waals surface area contributed by atoms with Crippen LogP contribution in [0.15, 0.2) is 36.5 Å². The van der Waals surface area contributed by atoms with Gasteiger partial charge in [0.2, 0.25) is 0 Å². The lowest BCUT2D eigenvalue weighted by Gasteiger charge is -2.28. The number of carboxylic acids is 1. The van der Waals surface area contributed by atoms with Crippen LogP contribution in [0.4, 0.5) is 5.82 Å². The third kappa shape index (κ3) is 3.59. The summed E-state index contributed by atoms with van der Waals surface area (Å²) in [6.07, 6.45) is 8.66. The number of nitrogen functional groups attached to an aromatic ring is 1. The number of aromatic nitrogens is 3. The third-order valence-electron chi connectivity index (χ3n) is 6.54. The minimum atomic E-state index is -0.678. The summed E-state index contributed by atoms with van der Waals surface area (Å²) in [5.74, 6) is 1.37. The van der Waals surface area contributed by atoms with Gasteiger partial charge < -0.3 is 10.8 Å². The zero-order valence-electron chi connectivity index (χ0n) is 16.4. The Morgan fingerprint density at radius 3 is 2.41 bits per heavy atom. The Bertz CT molecular complexity index is 1040. The molecule has 0 bridgehead atoms. The normalized spacial score (nSPS) is 22.1. The summed E-state index contributed by atoms with van der Waals surface area (Å²) in [7, 11) is 0. The summed E-state index contributed by atoms with van der Waals surface area (Å²) in [5.41, 5.74) is 11.6. The molecular weight excluding hydrogens is 364 g/mol. The molecule has 2 aliphatic carbocycles. The van der Waals surface area contributed by atoms with Gasteiger partial charge in [-0.15, -0.1) is 0 Å². The van der Waals surface area contributed by atoms with Crippen molar-refractivity contribution >= 4 is 17.4 Å². The smallest absolute Gasteiger partial charge is 0.303 e. The Kier molecular flexibility index (Phi) is 4.49. The standard InChI is InChI=1S/C23H26N4O2/c24-23-19(13-25-21-12-20(18-9-10-18)26-27(21)23)17-7-5-16(6-8-17)15-3-1-14(2-4-15)11-22(28)29/h5-8,12-15,18H,1-4,9-11,24H2,(H,28,29). The molecule has 3 N–H and O–H groups in total. The summed E-state index contributed by atoms with van der Waals surface area (Å²) < 4.78 is 1.76. The Morgan fingerprint density at radius 1 is 1.07 bits per heavy atom. The van der Waals surface area contributed by atoms with E-state index in [1.165, 1.54) is 18.4 Å². The van der Waals surface area contributed by atoms with Crippen molar-refractivity contribution in [2.45, 2.75) is 56.8 Å². The highest BCUT2D eigenvalue weighted by Crippen LogP contribution is 2.40. The number of benzene rings is 1. The first-order valence-corrected chi connectivity index (χ1v) is 10.5. The molecule has 29 heavy (non-hydrogen) atoms. The molecule has 2 heterocycles. The Morgan fingerprint density at radius 2 is 1.76 bits per heavy atom. The van der Waals surface area contributed by atoms with E-state index in [0.717, 1.165) is 48.2 Å². The maximum atomic E-state index is 10.9. The molecule has 1 aromatic carbocycles.